The fraction of sp³-hybridized carbons (Fsp3) is 0. The molecule has 0 spiro atoms. The Labute approximate surface area is 111 Å². The quantitative estimate of drug-likeness (QED) is 0.896. The van der Waals surface area contributed by atoms with Crippen LogP contribution in [-0.2, 0) is 0 Å². The van der Waals surface area contributed by atoms with Crippen molar-refractivity contribution < 1.29 is 14.3 Å². The van der Waals surface area contributed by atoms with Gasteiger partial charge in [-0.25, -0.2) is 4.39 Å². The van der Waals surface area contributed by atoms with Gasteiger partial charge in [0.15, 0.2) is 0 Å². The van der Waals surface area contributed by atoms with Gasteiger partial charge in [-0.05, 0) is 24.3 Å². The third kappa shape index (κ3) is 2.84. The lowest BCUT2D eigenvalue weighted by Crippen LogP contribution is -2.13. The minimum atomic E-state index is -0.550. The molecule has 4 nitrogen and oxygen atoms in total. The monoisotopic (exact) mass is 310 g/mol. The van der Waals surface area contributed by atoms with Crippen LogP contribution in [-0.4, -0.2) is 16.0 Å². The lowest BCUT2D eigenvalue weighted by atomic mass is 10.2. The van der Waals surface area contributed by atoms with E-state index in [1.165, 1.54) is 30.6 Å². The number of halogens is 2. The van der Waals surface area contributed by atoms with Crippen molar-refractivity contribution in [3.8, 4) is 5.75 Å². The lowest BCUT2D eigenvalue weighted by molar-refractivity contribution is 0.102. The normalized spacial score (nSPS) is 10.1. The van der Waals surface area contributed by atoms with E-state index in [1.54, 1.807) is 6.07 Å². The number of hydrogen-bond acceptors (Lipinski definition) is 3. The average Bonchev–Trinajstić information content (AvgIpc) is 2.32. The summed E-state index contributed by atoms with van der Waals surface area (Å²) < 4.78 is 14.1. The second-order valence-electron chi connectivity index (χ2n) is 3.51. The molecule has 1 aromatic heterocycles. The van der Waals surface area contributed by atoms with Crippen molar-refractivity contribution in [2.24, 2.45) is 0 Å². The molecule has 0 aliphatic carbocycles. The van der Waals surface area contributed by atoms with E-state index in [-0.39, 0.29) is 17.0 Å². The molecule has 1 heterocycles. The Kier molecular flexibility index (Phi) is 3.57. The highest BCUT2D eigenvalue weighted by Gasteiger charge is 2.10. The van der Waals surface area contributed by atoms with Gasteiger partial charge >= 0.3 is 0 Å². The number of rotatable bonds is 2. The molecule has 0 bridgehead atoms. The van der Waals surface area contributed by atoms with Gasteiger partial charge in [0, 0.05) is 10.7 Å². The molecule has 2 N–H and O–H groups in total. The molecule has 0 fully saturated rings. The van der Waals surface area contributed by atoms with Gasteiger partial charge in [0.2, 0.25) is 0 Å². The predicted octanol–water partition coefficient (Wildman–Crippen LogP) is 2.94. The summed E-state index contributed by atoms with van der Waals surface area (Å²) in [5, 5.41) is 11.6. The van der Waals surface area contributed by atoms with E-state index in [4.69, 9.17) is 0 Å². The van der Waals surface area contributed by atoms with Crippen molar-refractivity contribution >= 4 is 27.5 Å². The summed E-state index contributed by atoms with van der Waals surface area (Å²) in [5.74, 6) is -1.22. The van der Waals surface area contributed by atoms with Gasteiger partial charge in [0.05, 0.1) is 17.4 Å². The van der Waals surface area contributed by atoms with Gasteiger partial charge in [0.25, 0.3) is 5.91 Å². The van der Waals surface area contributed by atoms with Crippen LogP contribution in [0.2, 0.25) is 0 Å². The maximum atomic E-state index is 13.5. The molecule has 0 saturated heterocycles. The predicted molar refractivity (Wildman–Crippen MR) is 68.0 cm³/mol. The Bertz CT molecular complexity index is 604. The molecule has 0 saturated carbocycles. The van der Waals surface area contributed by atoms with Gasteiger partial charge < -0.3 is 10.4 Å². The number of anilines is 1. The Balaban J connectivity index is 2.21. The zero-order valence-corrected chi connectivity index (χ0v) is 10.6. The molecular weight excluding hydrogens is 303 g/mol. The van der Waals surface area contributed by atoms with E-state index in [1.807, 2.05) is 0 Å². The summed E-state index contributed by atoms with van der Waals surface area (Å²) >= 11 is 3.12. The second kappa shape index (κ2) is 5.14. The van der Waals surface area contributed by atoms with E-state index < -0.39 is 11.7 Å². The fourth-order valence-corrected chi connectivity index (χ4v) is 1.67. The standard InChI is InChI=1S/C12H8BrFN2O2/c13-8-1-2-11(10(14)4-8)16-12(18)7-3-9(17)6-15-5-7/h1-6,17H,(H,16,18). The third-order valence-electron chi connectivity index (χ3n) is 2.17. The summed E-state index contributed by atoms with van der Waals surface area (Å²) in [5.41, 5.74) is 0.212. The first-order valence-corrected chi connectivity index (χ1v) is 5.76. The first-order valence-electron chi connectivity index (χ1n) is 4.96. The van der Waals surface area contributed by atoms with Crippen molar-refractivity contribution in [3.05, 3.63) is 52.5 Å². The van der Waals surface area contributed by atoms with Crippen molar-refractivity contribution in [3.63, 3.8) is 0 Å². The van der Waals surface area contributed by atoms with Gasteiger partial charge in [-0.3, -0.25) is 9.78 Å². The summed E-state index contributed by atoms with van der Waals surface area (Å²) in [6.45, 7) is 0. The molecule has 0 radical (unpaired) electrons. The van der Waals surface area contributed by atoms with Crippen molar-refractivity contribution in [2.75, 3.05) is 5.32 Å². The second-order valence-corrected chi connectivity index (χ2v) is 4.43. The van der Waals surface area contributed by atoms with Crippen LogP contribution in [0.15, 0.2) is 41.1 Å². The van der Waals surface area contributed by atoms with Crippen LogP contribution >= 0.6 is 15.9 Å². The maximum absolute atomic E-state index is 13.5. The number of nitrogens with zero attached hydrogens (tertiary/aromatic N) is 1. The van der Waals surface area contributed by atoms with Crippen LogP contribution in [0.25, 0.3) is 0 Å². The lowest BCUT2D eigenvalue weighted by Gasteiger charge is -2.06. The van der Waals surface area contributed by atoms with E-state index >= 15 is 0 Å². The number of hydrogen-bond donors (Lipinski definition) is 2. The summed E-state index contributed by atoms with van der Waals surface area (Å²) in [7, 11) is 0. The molecule has 0 aliphatic heterocycles. The van der Waals surface area contributed by atoms with Gasteiger partial charge in [0.1, 0.15) is 11.6 Å². The smallest absolute Gasteiger partial charge is 0.257 e. The van der Waals surface area contributed by atoms with Gasteiger partial charge in [-0.2, -0.15) is 0 Å². The molecular formula is C12H8BrFN2O2. The highest BCUT2D eigenvalue weighted by Crippen LogP contribution is 2.20. The zero-order chi connectivity index (χ0) is 13.1. The number of benzene rings is 1. The molecule has 0 aliphatic rings. The molecule has 0 atom stereocenters. The van der Waals surface area contributed by atoms with Gasteiger partial charge in [-0.15, -0.1) is 0 Å². The summed E-state index contributed by atoms with van der Waals surface area (Å²) in [6, 6.07) is 5.54. The minimum absolute atomic E-state index is 0.0616. The molecule has 18 heavy (non-hydrogen) atoms. The maximum Gasteiger partial charge on any atom is 0.257 e. The molecule has 1 amide bonds. The van der Waals surface area contributed by atoms with Crippen LogP contribution in [0.4, 0.5) is 10.1 Å². The van der Waals surface area contributed by atoms with Crippen LogP contribution in [0, 0.1) is 5.82 Å². The SMILES string of the molecule is O=C(Nc1ccc(Br)cc1F)c1cncc(O)c1. The van der Waals surface area contributed by atoms with E-state index in [9.17, 15) is 14.3 Å². The van der Waals surface area contributed by atoms with Crippen molar-refractivity contribution in [1.29, 1.82) is 0 Å². The summed E-state index contributed by atoms with van der Waals surface area (Å²) in [6.07, 6.45) is 2.49. The first kappa shape index (κ1) is 12.5. The number of pyridine rings is 1. The Hall–Kier alpha value is -1.95. The Morgan fingerprint density at radius 1 is 1.33 bits per heavy atom. The molecule has 0 unspecified atom stereocenters. The van der Waals surface area contributed by atoms with Crippen LogP contribution < -0.4 is 5.32 Å². The number of nitrogens with one attached hydrogen (secondary N) is 1. The van der Waals surface area contributed by atoms with Gasteiger partial charge in [-0.1, -0.05) is 15.9 Å². The molecule has 2 aromatic rings. The summed E-state index contributed by atoms with van der Waals surface area (Å²) in [4.78, 5) is 15.4. The Morgan fingerprint density at radius 3 is 2.78 bits per heavy atom. The number of aromatic hydroxyl groups is 1. The van der Waals surface area contributed by atoms with Crippen molar-refractivity contribution in [1.82, 2.24) is 4.98 Å². The number of carbonyl (C=O) groups excluding carboxylic acids is 1. The topological polar surface area (TPSA) is 62.2 Å². The fourth-order valence-electron chi connectivity index (χ4n) is 1.34. The van der Waals surface area contributed by atoms with E-state index in [0.717, 1.165) is 0 Å². The average molecular weight is 311 g/mol. The minimum Gasteiger partial charge on any atom is -0.506 e. The molecule has 2 rings (SSSR count). The molecule has 92 valence electrons. The highest BCUT2D eigenvalue weighted by atomic mass is 79.9. The zero-order valence-electron chi connectivity index (χ0n) is 9.02. The number of carbonyl (C=O) groups is 1. The van der Waals surface area contributed by atoms with E-state index in [2.05, 4.69) is 26.2 Å². The Morgan fingerprint density at radius 2 is 2.11 bits per heavy atom. The van der Waals surface area contributed by atoms with E-state index in [0.29, 0.717) is 4.47 Å². The number of aromatic nitrogens is 1. The van der Waals surface area contributed by atoms with Crippen LogP contribution in [0.3, 0.4) is 0 Å². The first-order chi connectivity index (χ1) is 8.56. The molecule has 1 aromatic carbocycles. The third-order valence-corrected chi connectivity index (χ3v) is 2.66. The highest BCUT2D eigenvalue weighted by molar-refractivity contribution is 9.10. The largest absolute Gasteiger partial charge is 0.506 e. The number of amides is 1. The molecule has 6 heteroatoms. The van der Waals surface area contributed by atoms with Crippen molar-refractivity contribution in [2.45, 2.75) is 0 Å². The van der Waals surface area contributed by atoms with Crippen LogP contribution in [0.5, 0.6) is 5.75 Å². The van der Waals surface area contributed by atoms with Crippen LogP contribution in [0.1, 0.15) is 10.4 Å².